The quantitative estimate of drug-likeness (QED) is 0.539. The van der Waals surface area contributed by atoms with Crippen LogP contribution in [-0.4, -0.2) is 24.7 Å². The third-order valence-electron chi connectivity index (χ3n) is 4.86. The number of aryl methyl sites for hydroxylation is 1. The smallest absolute Gasteiger partial charge is 0.227 e. The minimum Gasteiger partial charge on any atom is -0.398 e. The molecule has 0 amide bonds. The van der Waals surface area contributed by atoms with Crippen molar-refractivity contribution in [3.8, 4) is 11.1 Å². The van der Waals surface area contributed by atoms with Gasteiger partial charge in [-0.3, -0.25) is 9.67 Å². The number of hydrogen-bond acceptors (Lipinski definition) is 6. The summed E-state index contributed by atoms with van der Waals surface area (Å²) in [5.41, 5.74) is 11.8. The lowest BCUT2D eigenvalue weighted by Crippen LogP contribution is -1.99. The SMILES string of the molecule is Cc1ccncc1-c1cc(N)c2cnc(Nc3cnn(C4CC4)c3)nc2c1. The Kier molecular flexibility index (Phi) is 3.53. The van der Waals surface area contributed by atoms with Crippen LogP contribution in [0.25, 0.3) is 22.0 Å². The topological polar surface area (TPSA) is 94.5 Å². The van der Waals surface area contributed by atoms with Crippen LogP contribution < -0.4 is 11.1 Å². The van der Waals surface area contributed by atoms with Crippen molar-refractivity contribution in [2.75, 3.05) is 11.1 Å². The summed E-state index contributed by atoms with van der Waals surface area (Å²) in [4.78, 5) is 13.3. The van der Waals surface area contributed by atoms with E-state index in [-0.39, 0.29) is 0 Å². The van der Waals surface area contributed by atoms with Crippen molar-refractivity contribution in [1.82, 2.24) is 24.7 Å². The van der Waals surface area contributed by atoms with Gasteiger partial charge >= 0.3 is 0 Å². The summed E-state index contributed by atoms with van der Waals surface area (Å²) >= 11 is 0. The fourth-order valence-electron chi connectivity index (χ4n) is 3.21. The normalized spacial score (nSPS) is 13.8. The maximum Gasteiger partial charge on any atom is 0.227 e. The van der Waals surface area contributed by atoms with E-state index in [1.807, 2.05) is 35.3 Å². The van der Waals surface area contributed by atoms with E-state index in [4.69, 9.17) is 5.73 Å². The first kappa shape index (κ1) is 15.7. The lowest BCUT2D eigenvalue weighted by molar-refractivity contribution is 0.642. The van der Waals surface area contributed by atoms with Crippen LogP contribution in [0.2, 0.25) is 0 Å². The number of hydrogen-bond donors (Lipinski definition) is 2. The number of pyridine rings is 1. The lowest BCUT2D eigenvalue weighted by atomic mass is 10.0. The Balaban J connectivity index is 1.52. The van der Waals surface area contributed by atoms with Gasteiger partial charge in [-0.05, 0) is 49.1 Å². The van der Waals surface area contributed by atoms with Gasteiger partial charge in [0.15, 0.2) is 0 Å². The average Bonchev–Trinajstić information content (AvgIpc) is 3.41. The molecule has 7 nitrogen and oxygen atoms in total. The summed E-state index contributed by atoms with van der Waals surface area (Å²) < 4.78 is 1.99. The van der Waals surface area contributed by atoms with Crippen molar-refractivity contribution < 1.29 is 0 Å². The number of nitrogens with two attached hydrogens (primary N) is 1. The molecule has 3 heterocycles. The molecule has 1 aliphatic carbocycles. The summed E-state index contributed by atoms with van der Waals surface area (Å²) in [6.45, 7) is 2.06. The van der Waals surface area contributed by atoms with Crippen LogP contribution in [0.4, 0.5) is 17.3 Å². The zero-order chi connectivity index (χ0) is 18.4. The van der Waals surface area contributed by atoms with Crippen LogP contribution in [0.3, 0.4) is 0 Å². The van der Waals surface area contributed by atoms with Gasteiger partial charge in [0, 0.05) is 41.4 Å². The summed E-state index contributed by atoms with van der Waals surface area (Å²) in [6, 6.07) is 6.50. The minimum atomic E-state index is 0.525. The van der Waals surface area contributed by atoms with Crippen LogP contribution in [0.5, 0.6) is 0 Å². The van der Waals surface area contributed by atoms with E-state index in [9.17, 15) is 0 Å². The molecule has 7 heteroatoms. The molecule has 0 aliphatic heterocycles. The molecule has 0 saturated heterocycles. The van der Waals surface area contributed by atoms with Crippen molar-refractivity contribution in [3.63, 3.8) is 0 Å². The summed E-state index contributed by atoms with van der Waals surface area (Å²) in [6.07, 6.45) is 11.6. The van der Waals surface area contributed by atoms with E-state index in [1.54, 1.807) is 18.6 Å². The van der Waals surface area contributed by atoms with Crippen LogP contribution in [-0.2, 0) is 0 Å². The number of aromatic nitrogens is 5. The van der Waals surface area contributed by atoms with Crippen LogP contribution in [0.15, 0.2) is 49.2 Å². The molecule has 134 valence electrons. The Hall–Kier alpha value is -3.48. The summed E-state index contributed by atoms with van der Waals surface area (Å²) in [5.74, 6) is 0.525. The molecule has 27 heavy (non-hydrogen) atoms. The number of nitrogen functional groups attached to an aromatic ring is 1. The van der Waals surface area contributed by atoms with Crippen LogP contribution >= 0.6 is 0 Å². The second-order valence-electron chi connectivity index (χ2n) is 6.95. The maximum atomic E-state index is 6.26. The molecule has 0 spiro atoms. The Morgan fingerprint density at radius 3 is 2.89 bits per heavy atom. The highest BCUT2D eigenvalue weighted by Gasteiger charge is 2.24. The lowest BCUT2D eigenvalue weighted by Gasteiger charge is -2.10. The van der Waals surface area contributed by atoms with Gasteiger partial charge < -0.3 is 11.1 Å². The molecule has 3 aromatic heterocycles. The zero-order valence-electron chi connectivity index (χ0n) is 14.9. The number of rotatable bonds is 4. The van der Waals surface area contributed by atoms with Gasteiger partial charge in [0.2, 0.25) is 5.95 Å². The largest absolute Gasteiger partial charge is 0.398 e. The average molecular weight is 357 g/mol. The number of nitrogens with zero attached hydrogens (tertiary/aromatic N) is 5. The summed E-state index contributed by atoms with van der Waals surface area (Å²) in [5, 5.41) is 8.45. The fourth-order valence-corrected chi connectivity index (χ4v) is 3.21. The van der Waals surface area contributed by atoms with Crippen molar-refractivity contribution in [2.45, 2.75) is 25.8 Å². The second kappa shape index (κ2) is 6.05. The fraction of sp³-hybridized carbons (Fsp3) is 0.200. The molecular weight excluding hydrogens is 338 g/mol. The van der Waals surface area contributed by atoms with E-state index in [0.29, 0.717) is 17.7 Å². The third kappa shape index (κ3) is 2.97. The standard InChI is InChI=1S/C20H19N7/c1-12-4-5-22-9-16(12)13-6-18(21)17-10-23-20(26-19(17)7-13)25-14-8-24-27(11-14)15-2-3-15/h4-11,15H,2-3,21H2,1H3,(H,23,25,26). The Morgan fingerprint density at radius 2 is 2.07 bits per heavy atom. The number of anilines is 3. The molecule has 1 aromatic carbocycles. The van der Waals surface area contributed by atoms with Crippen molar-refractivity contribution >= 4 is 28.2 Å². The van der Waals surface area contributed by atoms with Crippen molar-refractivity contribution in [3.05, 3.63) is 54.7 Å². The van der Waals surface area contributed by atoms with E-state index in [1.165, 1.54) is 12.8 Å². The summed E-state index contributed by atoms with van der Waals surface area (Å²) in [7, 11) is 0. The van der Waals surface area contributed by atoms with E-state index >= 15 is 0 Å². The van der Waals surface area contributed by atoms with Crippen LogP contribution in [0.1, 0.15) is 24.4 Å². The molecular formula is C20H19N7. The van der Waals surface area contributed by atoms with Gasteiger partial charge in [-0.25, -0.2) is 9.97 Å². The van der Waals surface area contributed by atoms with Gasteiger partial charge in [0.1, 0.15) is 0 Å². The van der Waals surface area contributed by atoms with Gasteiger partial charge in [0.25, 0.3) is 0 Å². The van der Waals surface area contributed by atoms with Crippen molar-refractivity contribution in [1.29, 1.82) is 0 Å². The number of nitrogens with one attached hydrogen (secondary N) is 1. The number of fused-ring (bicyclic) bond motifs is 1. The molecule has 0 bridgehead atoms. The van der Waals surface area contributed by atoms with Crippen molar-refractivity contribution in [2.24, 2.45) is 0 Å². The molecule has 5 rings (SSSR count). The molecule has 1 aliphatic rings. The van der Waals surface area contributed by atoms with Gasteiger partial charge in [0.05, 0.1) is 23.4 Å². The first-order valence-electron chi connectivity index (χ1n) is 8.96. The van der Waals surface area contributed by atoms with E-state index in [2.05, 4.69) is 32.3 Å². The molecule has 0 atom stereocenters. The highest BCUT2D eigenvalue weighted by molar-refractivity contribution is 5.94. The first-order valence-corrected chi connectivity index (χ1v) is 8.96. The van der Waals surface area contributed by atoms with Crippen LogP contribution in [0, 0.1) is 6.92 Å². The Labute approximate surface area is 156 Å². The minimum absolute atomic E-state index is 0.525. The highest BCUT2D eigenvalue weighted by atomic mass is 15.3. The number of benzene rings is 1. The Morgan fingerprint density at radius 1 is 1.19 bits per heavy atom. The highest BCUT2D eigenvalue weighted by Crippen LogP contribution is 2.35. The molecule has 4 aromatic rings. The molecule has 1 saturated carbocycles. The van der Waals surface area contributed by atoms with E-state index in [0.717, 1.165) is 33.3 Å². The predicted octanol–water partition coefficient (Wildman–Crippen LogP) is 3.86. The van der Waals surface area contributed by atoms with Gasteiger partial charge in [-0.2, -0.15) is 5.10 Å². The molecule has 0 unspecified atom stereocenters. The maximum absolute atomic E-state index is 6.26. The Bertz CT molecular complexity index is 1140. The predicted molar refractivity (Wildman–Crippen MR) is 106 cm³/mol. The van der Waals surface area contributed by atoms with Gasteiger partial charge in [-0.15, -0.1) is 0 Å². The molecule has 0 radical (unpaired) electrons. The first-order chi connectivity index (χ1) is 13.2. The monoisotopic (exact) mass is 357 g/mol. The van der Waals surface area contributed by atoms with Gasteiger partial charge in [-0.1, -0.05) is 0 Å². The molecule has 1 fully saturated rings. The molecule has 3 N–H and O–H groups in total. The second-order valence-corrected chi connectivity index (χ2v) is 6.95. The third-order valence-corrected chi connectivity index (χ3v) is 4.86. The van der Waals surface area contributed by atoms with E-state index < -0.39 is 0 Å². The zero-order valence-corrected chi connectivity index (χ0v) is 14.9.